The Kier molecular flexibility index (Phi) is 4.01. The van der Waals surface area contributed by atoms with Crippen LogP contribution in [0.5, 0.6) is 0 Å². The van der Waals surface area contributed by atoms with Crippen LogP contribution in [0.3, 0.4) is 0 Å². The van der Waals surface area contributed by atoms with Gasteiger partial charge in [0.2, 0.25) is 0 Å². The molecule has 3 rings (SSSR count). The third kappa shape index (κ3) is 3.11. The number of benzene rings is 2. The molecule has 24 heavy (non-hydrogen) atoms. The molecule has 0 unspecified atom stereocenters. The van der Waals surface area contributed by atoms with E-state index in [9.17, 15) is 19.7 Å². The molecular formula is C16H9ClN2O5. The molecule has 0 aliphatic carbocycles. The third-order valence-electron chi connectivity index (χ3n) is 3.26. The molecule has 0 fully saturated rings. The van der Waals surface area contributed by atoms with Crippen molar-refractivity contribution in [2.75, 3.05) is 5.32 Å². The lowest BCUT2D eigenvalue weighted by Crippen LogP contribution is -2.17. The summed E-state index contributed by atoms with van der Waals surface area (Å²) in [7, 11) is 0. The molecule has 1 amide bonds. The molecule has 3 aromatic rings. The Morgan fingerprint density at radius 2 is 1.96 bits per heavy atom. The first-order valence-electron chi connectivity index (χ1n) is 6.73. The summed E-state index contributed by atoms with van der Waals surface area (Å²) in [6, 6.07) is 11.3. The molecule has 120 valence electrons. The SMILES string of the molecule is O=C(Nc1cc2cc(Cl)ccc2oc1=O)c1cccc([N+](=O)[O-])c1. The van der Waals surface area contributed by atoms with E-state index < -0.39 is 16.5 Å². The fourth-order valence-corrected chi connectivity index (χ4v) is 2.32. The van der Waals surface area contributed by atoms with Crippen molar-refractivity contribution in [3.8, 4) is 0 Å². The molecule has 0 saturated carbocycles. The fourth-order valence-electron chi connectivity index (χ4n) is 2.14. The molecule has 0 atom stereocenters. The molecule has 0 saturated heterocycles. The van der Waals surface area contributed by atoms with Crippen LogP contribution in [0.15, 0.2) is 57.7 Å². The predicted molar refractivity (Wildman–Crippen MR) is 88.5 cm³/mol. The number of hydrogen-bond donors (Lipinski definition) is 1. The Morgan fingerprint density at radius 3 is 2.71 bits per heavy atom. The highest BCUT2D eigenvalue weighted by molar-refractivity contribution is 6.31. The van der Waals surface area contributed by atoms with Crippen LogP contribution in [0.1, 0.15) is 10.4 Å². The van der Waals surface area contributed by atoms with E-state index in [1.807, 2.05) is 0 Å². The van der Waals surface area contributed by atoms with Crippen molar-refractivity contribution < 1.29 is 14.1 Å². The average Bonchev–Trinajstić information content (AvgIpc) is 2.56. The smallest absolute Gasteiger partial charge is 0.360 e. The maximum absolute atomic E-state index is 12.2. The summed E-state index contributed by atoms with van der Waals surface area (Å²) in [4.78, 5) is 34.3. The van der Waals surface area contributed by atoms with Crippen molar-refractivity contribution >= 4 is 39.9 Å². The summed E-state index contributed by atoms with van der Waals surface area (Å²) < 4.78 is 5.11. The van der Waals surface area contributed by atoms with E-state index in [2.05, 4.69) is 5.32 Å². The number of anilines is 1. The molecule has 7 nitrogen and oxygen atoms in total. The summed E-state index contributed by atoms with van der Waals surface area (Å²) in [6.45, 7) is 0. The number of nitro benzene ring substituents is 1. The van der Waals surface area contributed by atoms with Gasteiger partial charge in [-0.2, -0.15) is 0 Å². The molecule has 1 aromatic heterocycles. The minimum Gasteiger partial charge on any atom is -0.421 e. The van der Waals surface area contributed by atoms with Crippen molar-refractivity contribution in [3.05, 3.63) is 79.7 Å². The number of nitrogens with one attached hydrogen (secondary N) is 1. The fraction of sp³-hybridized carbons (Fsp3) is 0. The normalized spacial score (nSPS) is 10.5. The van der Waals surface area contributed by atoms with Gasteiger partial charge in [0.25, 0.3) is 11.6 Å². The van der Waals surface area contributed by atoms with Crippen molar-refractivity contribution in [3.63, 3.8) is 0 Å². The Morgan fingerprint density at radius 1 is 1.17 bits per heavy atom. The second kappa shape index (κ2) is 6.13. The van der Waals surface area contributed by atoms with E-state index in [0.717, 1.165) is 6.07 Å². The van der Waals surface area contributed by atoms with Gasteiger partial charge < -0.3 is 9.73 Å². The molecular weight excluding hydrogens is 336 g/mol. The molecule has 8 heteroatoms. The third-order valence-corrected chi connectivity index (χ3v) is 3.50. The summed E-state index contributed by atoms with van der Waals surface area (Å²) in [5, 5.41) is 14.1. The Balaban J connectivity index is 1.95. The van der Waals surface area contributed by atoms with E-state index in [1.165, 1.54) is 24.3 Å². The van der Waals surface area contributed by atoms with Gasteiger partial charge in [-0.1, -0.05) is 17.7 Å². The first-order valence-corrected chi connectivity index (χ1v) is 7.11. The van der Waals surface area contributed by atoms with Gasteiger partial charge in [-0.05, 0) is 30.3 Å². The van der Waals surface area contributed by atoms with Gasteiger partial charge in [0, 0.05) is 28.1 Å². The number of fused-ring (bicyclic) bond motifs is 1. The van der Waals surface area contributed by atoms with Gasteiger partial charge in [0.05, 0.1) is 4.92 Å². The van der Waals surface area contributed by atoms with Crippen molar-refractivity contribution in [1.29, 1.82) is 0 Å². The topological polar surface area (TPSA) is 102 Å². The van der Waals surface area contributed by atoms with Gasteiger partial charge in [-0.3, -0.25) is 14.9 Å². The molecule has 1 heterocycles. The highest BCUT2D eigenvalue weighted by Crippen LogP contribution is 2.21. The molecule has 0 bridgehead atoms. The second-order valence-electron chi connectivity index (χ2n) is 4.89. The van der Waals surface area contributed by atoms with Crippen molar-refractivity contribution in [2.45, 2.75) is 0 Å². The Labute approximate surface area is 139 Å². The van der Waals surface area contributed by atoms with Crippen LogP contribution < -0.4 is 10.9 Å². The quantitative estimate of drug-likeness (QED) is 0.444. The van der Waals surface area contributed by atoms with E-state index >= 15 is 0 Å². The van der Waals surface area contributed by atoms with E-state index in [0.29, 0.717) is 16.0 Å². The number of hydrogen-bond acceptors (Lipinski definition) is 5. The predicted octanol–water partition coefficient (Wildman–Crippen LogP) is 3.61. The zero-order valence-corrected chi connectivity index (χ0v) is 12.7. The van der Waals surface area contributed by atoms with Crippen LogP contribution in [-0.4, -0.2) is 10.8 Å². The van der Waals surface area contributed by atoms with Crippen LogP contribution in [0.2, 0.25) is 5.02 Å². The molecule has 2 aromatic carbocycles. The van der Waals surface area contributed by atoms with Gasteiger partial charge in [-0.25, -0.2) is 4.79 Å². The van der Waals surface area contributed by atoms with Gasteiger partial charge in [0.15, 0.2) is 0 Å². The highest BCUT2D eigenvalue weighted by atomic mass is 35.5. The number of carbonyl (C=O) groups excluding carboxylic acids is 1. The number of nitrogens with zero attached hydrogens (tertiary/aromatic N) is 1. The van der Waals surface area contributed by atoms with Crippen LogP contribution in [0.25, 0.3) is 11.0 Å². The summed E-state index contributed by atoms with van der Waals surface area (Å²) in [5.41, 5.74) is -0.655. The number of amides is 1. The van der Waals surface area contributed by atoms with Crippen LogP contribution in [-0.2, 0) is 0 Å². The highest BCUT2D eigenvalue weighted by Gasteiger charge is 2.14. The molecule has 0 aliphatic heterocycles. The number of non-ortho nitro benzene ring substituents is 1. The Bertz CT molecular complexity index is 1030. The van der Waals surface area contributed by atoms with Crippen molar-refractivity contribution in [1.82, 2.24) is 0 Å². The number of halogens is 1. The van der Waals surface area contributed by atoms with Gasteiger partial charge >= 0.3 is 5.63 Å². The molecule has 0 radical (unpaired) electrons. The monoisotopic (exact) mass is 344 g/mol. The summed E-state index contributed by atoms with van der Waals surface area (Å²) in [6.07, 6.45) is 0. The number of nitro groups is 1. The second-order valence-corrected chi connectivity index (χ2v) is 5.33. The van der Waals surface area contributed by atoms with E-state index in [4.69, 9.17) is 16.0 Å². The number of rotatable bonds is 3. The lowest BCUT2D eigenvalue weighted by Gasteiger charge is -2.05. The largest absolute Gasteiger partial charge is 0.421 e. The van der Waals surface area contributed by atoms with E-state index in [1.54, 1.807) is 18.2 Å². The molecule has 0 spiro atoms. The maximum atomic E-state index is 12.2. The van der Waals surface area contributed by atoms with Crippen LogP contribution in [0.4, 0.5) is 11.4 Å². The molecule has 0 aliphatic rings. The zero-order valence-electron chi connectivity index (χ0n) is 12.0. The van der Waals surface area contributed by atoms with Crippen molar-refractivity contribution in [2.24, 2.45) is 0 Å². The lowest BCUT2D eigenvalue weighted by molar-refractivity contribution is -0.384. The summed E-state index contributed by atoms with van der Waals surface area (Å²) in [5.74, 6) is -0.660. The standard InChI is InChI=1S/C16H9ClN2O5/c17-11-4-5-14-10(6-11)8-13(16(21)24-14)18-15(20)9-2-1-3-12(7-9)19(22)23/h1-8H,(H,18,20). The van der Waals surface area contributed by atoms with Crippen LogP contribution in [0, 0.1) is 10.1 Å². The van der Waals surface area contributed by atoms with Gasteiger partial charge in [0.1, 0.15) is 11.3 Å². The minimum atomic E-state index is -0.733. The number of carbonyl (C=O) groups is 1. The lowest BCUT2D eigenvalue weighted by atomic mass is 10.2. The first-order chi connectivity index (χ1) is 11.4. The summed E-state index contributed by atoms with van der Waals surface area (Å²) >= 11 is 5.89. The minimum absolute atomic E-state index is 0.0507. The van der Waals surface area contributed by atoms with E-state index in [-0.39, 0.29) is 16.9 Å². The average molecular weight is 345 g/mol. The maximum Gasteiger partial charge on any atom is 0.360 e. The van der Waals surface area contributed by atoms with Gasteiger partial charge in [-0.15, -0.1) is 0 Å². The first kappa shape index (κ1) is 15.7. The molecule has 1 N–H and O–H groups in total. The Hall–Kier alpha value is -3.19. The zero-order chi connectivity index (χ0) is 17.3. The van der Waals surface area contributed by atoms with Crippen LogP contribution >= 0.6 is 11.6 Å².